The number of rotatable bonds is 3. The van der Waals surface area contributed by atoms with Gasteiger partial charge in [0.05, 0.1) is 17.9 Å². The third kappa shape index (κ3) is 2.66. The minimum atomic E-state index is -0.212. The molecule has 0 bridgehead atoms. The van der Waals surface area contributed by atoms with Crippen LogP contribution in [0, 0.1) is 0 Å². The number of nitrogens with two attached hydrogens (primary N) is 1. The van der Waals surface area contributed by atoms with Gasteiger partial charge in [-0.25, -0.2) is 15.0 Å². The molecule has 3 N–H and O–H groups in total. The first-order chi connectivity index (χ1) is 11.7. The molecule has 0 unspecified atom stereocenters. The van der Waals surface area contributed by atoms with Gasteiger partial charge in [0.15, 0.2) is 5.65 Å². The average molecular weight is 324 g/mol. The fourth-order valence-electron chi connectivity index (χ4n) is 3.50. The van der Waals surface area contributed by atoms with Gasteiger partial charge in [0.2, 0.25) is 0 Å². The minimum absolute atomic E-state index is 0.212. The maximum atomic E-state index is 12.1. The number of hydrogen-bond acceptors (Lipinski definition) is 5. The van der Waals surface area contributed by atoms with Crippen LogP contribution in [0.2, 0.25) is 0 Å². The van der Waals surface area contributed by atoms with Crippen molar-refractivity contribution < 1.29 is 0 Å². The Labute approximate surface area is 139 Å². The summed E-state index contributed by atoms with van der Waals surface area (Å²) in [6, 6.07) is 3.36. The molecule has 3 aromatic rings. The van der Waals surface area contributed by atoms with E-state index >= 15 is 0 Å². The highest BCUT2D eigenvalue weighted by molar-refractivity contribution is 5.73. The van der Waals surface area contributed by atoms with Gasteiger partial charge in [0.25, 0.3) is 5.56 Å². The average Bonchev–Trinajstić information content (AvgIpc) is 3.02. The number of H-pyrrole nitrogens is 1. The zero-order valence-corrected chi connectivity index (χ0v) is 13.4. The lowest BCUT2D eigenvalue weighted by molar-refractivity contribution is 0.438. The Morgan fingerprint density at radius 1 is 1.25 bits per heavy atom. The molecule has 0 spiro atoms. The molecule has 0 radical (unpaired) electrons. The number of fused-ring (bicyclic) bond motifs is 1. The number of pyridine rings is 1. The van der Waals surface area contributed by atoms with E-state index in [1.54, 1.807) is 29.2 Å². The van der Waals surface area contributed by atoms with Crippen molar-refractivity contribution in [1.29, 1.82) is 0 Å². The van der Waals surface area contributed by atoms with Crippen LogP contribution >= 0.6 is 0 Å². The van der Waals surface area contributed by atoms with Gasteiger partial charge in [0, 0.05) is 12.1 Å². The fraction of sp³-hybridized carbons (Fsp3) is 0.412. The summed E-state index contributed by atoms with van der Waals surface area (Å²) in [6.07, 6.45) is 9.41. The molecule has 1 aliphatic rings. The molecule has 4 rings (SSSR count). The molecule has 7 nitrogen and oxygen atoms in total. The van der Waals surface area contributed by atoms with Crippen LogP contribution in [0.5, 0.6) is 0 Å². The molecule has 24 heavy (non-hydrogen) atoms. The Morgan fingerprint density at radius 2 is 2.08 bits per heavy atom. The number of hydrogen-bond donors (Lipinski definition) is 2. The van der Waals surface area contributed by atoms with E-state index in [0.29, 0.717) is 23.9 Å². The SMILES string of the molecule is Nc1cccn(Cc2nc3ncnc(C4CCCCC4)c3[nH]2)c1=O. The predicted molar refractivity (Wildman–Crippen MR) is 91.7 cm³/mol. The van der Waals surface area contributed by atoms with Gasteiger partial charge >= 0.3 is 0 Å². The summed E-state index contributed by atoms with van der Waals surface area (Å²) in [6.45, 7) is 0.338. The van der Waals surface area contributed by atoms with Gasteiger partial charge in [-0.05, 0) is 25.0 Å². The summed E-state index contributed by atoms with van der Waals surface area (Å²) in [5.74, 6) is 1.16. The Morgan fingerprint density at radius 3 is 2.92 bits per heavy atom. The number of nitrogen functional groups attached to an aromatic ring is 1. The lowest BCUT2D eigenvalue weighted by Crippen LogP contribution is -2.22. The zero-order valence-electron chi connectivity index (χ0n) is 13.4. The van der Waals surface area contributed by atoms with Gasteiger partial charge in [0.1, 0.15) is 17.7 Å². The molecular formula is C17H20N6O. The van der Waals surface area contributed by atoms with Gasteiger partial charge in [-0.1, -0.05) is 19.3 Å². The first kappa shape index (κ1) is 14.9. The van der Waals surface area contributed by atoms with E-state index < -0.39 is 0 Å². The van der Waals surface area contributed by atoms with Crippen molar-refractivity contribution >= 4 is 16.9 Å². The van der Waals surface area contributed by atoms with Crippen LogP contribution in [0.4, 0.5) is 5.69 Å². The number of nitrogens with zero attached hydrogens (tertiary/aromatic N) is 4. The Bertz CT molecular complexity index is 922. The topological polar surface area (TPSA) is 102 Å². The van der Waals surface area contributed by atoms with Crippen molar-refractivity contribution in [3.63, 3.8) is 0 Å². The highest BCUT2D eigenvalue weighted by Gasteiger charge is 2.21. The largest absolute Gasteiger partial charge is 0.394 e. The monoisotopic (exact) mass is 324 g/mol. The van der Waals surface area contributed by atoms with Gasteiger partial charge in [-0.15, -0.1) is 0 Å². The molecular weight excluding hydrogens is 304 g/mol. The van der Waals surface area contributed by atoms with E-state index in [0.717, 1.165) is 24.1 Å². The van der Waals surface area contributed by atoms with Crippen LogP contribution in [0.15, 0.2) is 29.5 Å². The highest BCUT2D eigenvalue weighted by Crippen LogP contribution is 2.33. The summed E-state index contributed by atoms with van der Waals surface area (Å²) in [5, 5.41) is 0. The van der Waals surface area contributed by atoms with Crippen molar-refractivity contribution in [1.82, 2.24) is 24.5 Å². The van der Waals surface area contributed by atoms with Crippen LogP contribution in [0.25, 0.3) is 11.2 Å². The Hall–Kier alpha value is -2.70. The van der Waals surface area contributed by atoms with Crippen LogP contribution in [-0.4, -0.2) is 24.5 Å². The van der Waals surface area contributed by atoms with Crippen molar-refractivity contribution in [2.45, 2.75) is 44.6 Å². The number of anilines is 1. The summed E-state index contributed by atoms with van der Waals surface area (Å²) in [7, 11) is 0. The van der Waals surface area contributed by atoms with E-state index in [2.05, 4.69) is 19.9 Å². The normalized spacial score (nSPS) is 15.8. The third-order valence-corrected chi connectivity index (χ3v) is 4.73. The summed E-state index contributed by atoms with van der Waals surface area (Å²) in [4.78, 5) is 28.7. The molecule has 0 amide bonds. The van der Waals surface area contributed by atoms with E-state index in [1.165, 1.54) is 19.3 Å². The molecule has 3 aromatic heterocycles. The standard InChI is InChI=1S/C17H20N6O/c18-12-7-4-8-23(17(12)24)9-13-21-15-14(11-5-2-1-3-6-11)19-10-20-16(15)22-13/h4,7-8,10-11H,1-3,5-6,9,18H2,(H,19,20,21,22). The van der Waals surface area contributed by atoms with Crippen molar-refractivity contribution in [3.8, 4) is 0 Å². The number of imidazole rings is 1. The molecule has 7 heteroatoms. The first-order valence-corrected chi connectivity index (χ1v) is 8.37. The molecule has 1 aliphatic carbocycles. The molecule has 0 saturated heterocycles. The fourth-order valence-corrected chi connectivity index (χ4v) is 3.50. The number of nitrogens with one attached hydrogen (secondary N) is 1. The maximum absolute atomic E-state index is 12.1. The lowest BCUT2D eigenvalue weighted by Gasteiger charge is -2.20. The predicted octanol–water partition coefficient (Wildman–Crippen LogP) is 2.19. The molecule has 124 valence electrons. The molecule has 0 aromatic carbocycles. The van der Waals surface area contributed by atoms with Gasteiger partial charge in [-0.2, -0.15) is 0 Å². The highest BCUT2D eigenvalue weighted by atomic mass is 16.1. The molecule has 0 atom stereocenters. The van der Waals surface area contributed by atoms with Crippen LogP contribution < -0.4 is 11.3 Å². The minimum Gasteiger partial charge on any atom is -0.394 e. The van der Waals surface area contributed by atoms with Crippen LogP contribution in [0.3, 0.4) is 0 Å². The van der Waals surface area contributed by atoms with Crippen LogP contribution in [-0.2, 0) is 6.54 Å². The molecule has 1 saturated carbocycles. The summed E-state index contributed by atoms with van der Waals surface area (Å²) in [5.41, 5.74) is 8.32. The smallest absolute Gasteiger partial charge is 0.274 e. The van der Waals surface area contributed by atoms with E-state index in [-0.39, 0.29) is 11.2 Å². The quantitative estimate of drug-likeness (QED) is 0.769. The molecule has 0 aliphatic heterocycles. The second-order valence-corrected chi connectivity index (χ2v) is 6.37. The van der Waals surface area contributed by atoms with E-state index in [4.69, 9.17) is 5.73 Å². The van der Waals surface area contributed by atoms with Gasteiger partial charge in [-0.3, -0.25) is 4.79 Å². The van der Waals surface area contributed by atoms with Crippen LogP contribution in [0.1, 0.15) is 49.5 Å². The molecule has 3 heterocycles. The second kappa shape index (κ2) is 6.07. The lowest BCUT2D eigenvalue weighted by atomic mass is 9.86. The summed E-state index contributed by atoms with van der Waals surface area (Å²) < 4.78 is 1.54. The van der Waals surface area contributed by atoms with Crippen molar-refractivity contribution in [2.75, 3.05) is 5.73 Å². The van der Waals surface area contributed by atoms with Crippen molar-refractivity contribution in [2.24, 2.45) is 0 Å². The Kier molecular flexibility index (Phi) is 3.76. The van der Waals surface area contributed by atoms with E-state index in [1.807, 2.05) is 0 Å². The number of aromatic amines is 1. The number of aromatic nitrogens is 5. The first-order valence-electron chi connectivity index (χ1n) is 8.37. The maximum Gasteiger partial charge on any atom is 0.274 e. The molecule has 1 fully saturated rings. The third-order valence-electron chi connectivity index (χ3n) is 4.73. The van der Waals surface area contributed by atoms with Gasteiger partial charge < -0.3 is 15.3 Å². The zero-order chi connectivity index (χ0) is 16.5. The summed E-state index contributed by atoms with van der Waals surface area (Å²) >= 11 is 0. The van der Waals surface area contributed by atoms with E-state index in [9.17, 15) is 4.79 Å². The van der Waals surface area contributed by atoms with Crippen molar-refractivity contribution in [3.05, 3.63) is 46.5 Å². The Balaban J connectivity index is 1.70. The second-order valence-electron chi connectivity index (χ2n) is 6.37.